The minimum absolute atomic E-state index is 0.552. The number of halogens is 1. The molecule has 0 aliphatic heterocycles. The van der Waals surface area contributed by atoms with Gasteiger partial charge in [0.05, 0.1) is 35.1 Å². The Morgan fingerprint density at radius 3 is 2.86 bits per heavy atom. The van der Waals surface area contributed by atoms with E-state index >= 15 is 0 Å². The molecule has 0 spiro atoms. The van der Waals surface area contributed by atoms with Crippen LogP contribution in [0.15, 0.2) is 48.8 Å². The van der Waals surface area contributed by atoms with Gasteiger partial charge in [0.2, 0.25) is 0 Å². The summed E-state index contributed by atoms with van der Waals surface area (Å²) < 4.78 is 1.71. The van der Waals surface area contributed by atoms with E-state index in [1.165, 1.54) is 0 Å². The number of hydrogen-bond acceptors (Lipinski definition) is 4. The molecule has 0 bridgehead atoms. The third kappa shape index (κ3) is 3.07. The Balaban J connectivity index is 1.82. The summed E-state index contributed by atoms with van der Waals surface area (Å²) >= 11 is 5.81. The van der Waals surface area contributed by atoms with E-state index in [1.807, 2.05) is 24.4 Å². The SMILES string of the molecule is N#Cc1cccc(Cn2cc(-c3ccc(Cl)cn3)nn2)c1. The van der Waals surface area contributed by atoms with E-state index in [-0.39, 0.29) is 0 Å². The lowest BCUT2D eigenvalue weighted by molar-refractivity contribution is 0.649. The average molecular weight is 296 g/mol. The van der Waals surface area contributed by atoms with Gasteiger partial charge in [-0.15, -0.1) is 5.10 Å². The summed E-state index contributed by atoms with van der Waals surface area (Å²) in [5, 5.41) is 17.7. The molecule has 2 heterocycles. The quantitative estimate of drug-likeness (QED) is 0.745. The molecule has 0 aliphatic carbocycles. The lowest BCUT2D eigenvalue weighted by Crippen LogP contribution is -2.00. The summed E-state index contributed by atoms with van der Waals surface area (Å²) in [6.07, 6.45) is 3.39. The molecule has 0 radical (unpaired) electrons. The van der Waals surface area contributed by atoms with Gasteiger partial charge in [-0.2, -0.15) is 5.26 Å². The number of hydrogen-bond donors (Lipinski definition) is 0. The van der Waals surface area contributed by atoms with Crippen molar-refractivity contribution < 1.29 is 0 Å². The second-order valence-corrected chi connectivity index (χ2v) is 4.91. The van der Waals surface area contributed by atoms with Crippen LogP contribution in [-0.4, -0.2) is 20.0 Å². The molecule has 6 heteroatoms. The van der Waals surface area contributed by atoms with E-state index in [2.05, 4.69) is 21.4 Å². The van der Waals surface area contributed by atoms with Crippen LogP contribution in [0.1, 0.15) is 11.1 Å². The molecule has 21 heavy (non-hydrogen) atoms. The van der Waals surface area contributed by atoms with Crippen molar-refractivity contribution in [2.24, 2.45) is 0 Å². The van der Waals surface area contributed by atoms with E-state index in [9.17, 15) is 0 Å². The minimum atomic E-state index is 0.552. The van der Waals surface area contributed by atoms with Crippen molar-refractivity contribution in [2.45, 2.75) is 6.54 Å². The first-order chi connectivity index (χ1) is 10.2. The second kappa shape index (κ2) is 5.73. The Kier molecular flexibility index (Phi) is 3.63. The van der Waals surface area contributed by atoms with Crippen molar-refractivity contribution in [3.8, 4) is 17.5 Å². The molecule has 0 unspecified atom stereocenters. The smallest absolute Gasteiger partial charge is 0.131 e. The Morgan fingerprint density at radius 2 is 2.10 bits per heavy atom. The maximum atomic E-state index is 8.90. The molecular weight excluding hydrogens is 286 g/mol. The van der Waals surface area contributed by atoms with Gasteiger partial charge < -0.3 is 0 Å². The second-order valence-electron chi connectivity index (χ2n) is 4.48. The van der Waals surface area contributed by atoms with Crippen LogP contribution in [0.25, 0.3) is 11.4 Å². The summed E-state index contributed by atoms with van der Waals surface area (Å²) in [6.45, 7) is 0.552. The highest BCUT2D eigenvalue weighted by molar-refractivity contribution is 6.30. The third-order valence-electron chi connectivity index (χ3n) is 2.93. The molecule has 0 saturated carbocycles. The molecule has 0 fully saturated rings. The van der Waals surface area contributed by atoms with E-state index in [0.717, 1.165) is 11.3 Å². The van der Waals surface area contributed by atoms with Crippen LogP contribution >= 0.6 is 11.6 Å². The standard InChI is InChI=1S/C15H10ClN5/c16-13-4-5-14(18-8-13)15-10-21(20-19-15)9-12-3-1-2-11(6-12)7-17/h1-6,8,10H,9H2. The number of benzene rings is 1. The van der Waals surface area contributed by atoms with Gasteiger partial charge in [0, 0.05) is 6.20 Å². The molecule has 102 valence electrons. The first kappa shape index (κ1) is 13.3. The number of nitriles is 1. The molecule has 5 nitrogen and oxygen atoms in total. The predicted molar refractivity (Wildman–Crippen MR) is 78.5 cm³/mol. The monoisotopic (exact) mass is 295 g/mol. The first-order valence-corrected chi connectivity index (χ1v) is 6.63. The van der Waals surface area contributed by atoms with Crippen molar-refractivity contribution >= 4 is 11.6 Å². The molecule has 0 amide bonds. The fraction of sp³-hybridized carbons (Fsp3) is 0.0667. The summed E-state index contributed by atoms with van der Waals surface area (Å²) in [4.78, 5) is 4.21. The van der Waals surface area contributed by atoms with Crippen molar-refractivity contribution in [2.75, 3.05) is 0 Å². The van der Waals surface area contributed by atoms with Gasteiger partial charge in [0.25, 0.3) is 0 Å². The van der Waals surface area contributed by atoms with Gasteiger partial charge in [0.15, 0.2) is 0 Å². The fourth-order valence-electron chi connectivity index (χ4n) is 1.95. The van der Waals surface area contributed by atoms with Gasteiger partial charge in [-0.1, -0.05) is 28.9 Å². The zero-order chi connectivity index (χ0) is 14.7. The largest absolute Gasteiger partial charge is 0.253 e. The lowest BCUT2D eigenvalue weighted by Gasteiger charge is -2.00. The molecule has 3 aromatic rings. The molecule has 1 aromatic carbocycles. The summed E-state index contributed by atoms with van der Waals surface area (Å²) in [5.74, 6) is 0. The van der Waals surface area contributed by atoms with Gasteiger partial charge in [0.1, 0.15) is 5.69 Å². The highest BCUT2D eigenvalue weighted by Gasteiger charge is 2.06. The van der Waals surface area contributed by atoms with Crippen LogP contribution in [-0.2, 0) is 6.54 Å². The van der Waals surface area contributed by atoms with Crippen LogP contribution in [0.4, 0.5) is 0 Å². The van der Waals surface area contributed by atoms with Gasteiger partial charge in [-0.25, -0.2) is 4.68 Å². The van der Waals surface area contributed by atoms with E-state index in [4.69, 9.17) is 16.9 Å². The van der Waals surface area contributed by atoms with Crippen LogP contribution < -0.4 is 0 Å². The maximum Gasteiger partial charge on any atom is 0.131 e. The van der Waals surface area contributed by atoms with Crippen LogP contribution in [0.5, 0.6) is 0 Å². The van der Waals surface area contributed by atoms with Gasteiger partial charge in [-0.05, 0) is 29.8 Å². The van der Waals surface area contributed by atoms with E-state index in [0.29, 0.717) is 22.8 Å². The lowest BCUT2D eigenvalue weighted by atomic mass is 10.1. The maximum absolute atomic E-state index is 8.90. The highest BCUT2D eigenvalue weighted by atomic mass is 35.5. The zero-order valence-corrected chi connectivity index (χ0v) is 11.7. The van der Waals surface area contributed by atoms with Crippen molar-refractivity contribution in [3.05, 3.63) is 64.9 Å². The summed E-state index contributed by atoms with van der Waals surface area (Å²) in [6, 6.07) is 13.1. The number of nitrogens with zero attached hydrogens (tertiary/aromatic N) is 5. The first-order valence-electron chi connectivity index (χ1n) is 6.26. The third-order valence-corrected chi connectivity index (χ3v) is 3.15. The molecule has 0 saturated heterocycles. The normalized spacial score (nSPS) is 10.3. The summed E-state index contributed by atoms with van der Waals surface area (Å²) in [7, 11) is 0. The Morgan fingerprint density at radius 1 is 1.19 bits per heavy atom. The molecule has 2 aromatic heterocycles. The fourth-order valence-corrected chi connectivity index (χ4v) is 2.06. The Bertz CT molecular complexity index is 801. The van der Waals surface area contributed by atoms with Crippen LogP contribution in [0, 0.1) is 11.3 Å². The molecule has 0 aliphatic rings. The van der Waals surface area contributed by atoms with Crippen molar-refractivity contribution in [3.63, 3.8) is 0 Å². The molecular formula is C15H10ClN5. The average Bonchev–Trinajstić information content (AvgIpc) is 2.96. The minimum Gasteiger partial charge on any atom is -0.253 e. The van der Waals surface area contributed by atoms with Gasteiger partial charge >= 0.3 is 0 Å². The molecule has 0 N–H and O–H groups in total. The van der Waals surface area contributed by atoms with E-state index in [1.54, 1.807) is 29.1 Å². The molecule has 0 atom stereocenters. The van der Waals surface area contributed by atoms with Gasteiger partial charge in [-0.3, -0.25) is 4.98 Å². The number of rotatable bonds is 3. The van der Waals surface area contributed by atoms with Crippen molar-refractivity contribution in [1.82, 2.24) is 20.0 Å². The number of aromatic nitrogens is 4. The topological polar surface area (TPSA) is 67.4 Å². The van der Waals surface area contributed by atoms with E-state index < -0.39 is 0 Å². The molecule has 3 rings (SSSR count). The van der Waals surface area contributed by atoms with Crippen LogP contribution in [0.3, 0.4) is 0 Å². The predicted octanol–water partition coefficient (Wildman–Crippen LogP) is 2.91. The highest BCUT2D eigenvalue weighted by Crippen LogP contribution is 2.16. The summed E-state index contributed by atoms with van der Waals surface area (Å²) in [5.41, 5.74) is 3.03. The van der Waals surface area contributed by atoms with Crippen LogP contribution in [0.2, 0.25) is 5.02 Å². The number of pyridine rings is 1. The Hall–Kier alpha value is -2.71. The Labute approximate surface area is 126 Å². The van der Waals surface area contributed by atoms with Crippen molar-refractivity contribution in [1.29, 1.82) is 5.26 Å². The zero-order valence-electron chi connectivity index (χ0n) is 10.9.